The van der Waals surface area contributed by atoms with E-state index in [1.807, 2.05) is 30.0 Å². The van der Waals surface area contributed by atoms with Gasteiger partial charge in [0, 0.05) is 19.6 Å². The van der Waals surface area contributed by atoms with Crippen molar-refractivity contribution in [2.24, 2.45) is 0 Å². The molecular formula is C18H25N5O2. The summed E-state index contributed by atoms with van der Waals surface area (Å²) in [4.78, 5) is 18.3. The van der Waals surface area contributed by atoms with E-state index >= 15 is 0 Å². The quantitative estimate of drug-likeness (QED) is 0.902. The van der Waals surface area contributed by atoms with E-state index in [4.69, 9.17) is 4.74 Å². The lowest BCUT2D eigenvalue weighted by Crippen LogP contribution is -2.52. The Labute approximate surface area is 148 Å². The summed E-state index contributed by atoms with van der Waals surface area (Å²) in [5.41, 5.74) is 2.20. The van der Waals surface area contributed by atoms with Crippen molar-refractivity contribution in [3.63, 3.8) is 0 Å². The van der Waals surface area contributed by atoms with Crippen molar-refractivity contribution in [3.8, 4) is 0 Å². The molecule has 0 bridgehead atoms. The summed E-state index contributed by atoms with van der Waals surface area (Å²) in [5.74, 6) is 0. The van der Waals surface area contributed by atoms with Crippen molar-refractivity contribution in [2.45, 2.75) is 45.6 Å². The molecular weight excluding hydrogens is 318 g/mol. The topological polar surface area (TPSA) is 72.3 Å². The van der Waals surface area contributed by atoms with Crippen LogP contribution in [0.4, 0.5) is 4.79 Å². The first-order valence-electron chi connectivity index (χ1n) is 8.72. The first-order chi connectivity index (χ1) is 12.1. The number of hydrogen-bond acceptors (Lipinski definition) is 4. The van der Waals surface area contributed by atoms with E-state index < -0.39 is 0 Å². The van der Waals surface area contributed by atoms with Crippen LogP contribution in [0, 0.1) is 0 Å². The molecule has 3 rings (SSSR count). The zero-order valence-corrected chi connectivity index (χ0v) is 14.8. The van der Waals surface area contributed by atoms with E-state index in [9.17, 15) is 4.79 Å². The molecule has 7 nitrogen and oxygen atoms in total. The summed E-state index contributed by atoms with van der Waals surface area (Å²) in [5, 5.41) is 7.13. The molecule has 1 fully saturated rings. The van der Waals surface area contributed by atoms with Crippen LogP contribution in [0.3, 0.4) is 0 Å². The average Bonchev–Trinajstić information content (AvgIpc) is 3.12. The number of benzene rings is 1. The predicted octanol–water partition coefficient (Wildman–Crippen LogP) is 2.04. The van der Waals surface area contributed by atoms with Crippen LogP contribution in [0.1, 0.15) is 31.4 Å². The van der Waals surface area contributed by atoms with Crippen LogP contribution in [0.5, 0.6) is 0 Å². The molecule has 1 N–H and O–H groups in total. The van der Waals surface area contributed by atoms with Crippen molar-refractivity contribution in [1.82, 2.24) is 25.0 Å². The standard InChI is InChI=1S/C18H25N5O2/c1-3-17-11-22(9-14(2)25-17)18(24)20-8-15-5-4-6-16(7-15)10-23-13-19-12-21-23/h4-7,12-14,17H,3,8-11H2,1-2H3,(H,20,24)/t14-,17+/m1/s1. The highest BCUT2D eigenvalue weighted by Crippen LogP contribution is 2.14. The average molecular weight is 343 g/mol. The fourth-order valence-corrected chi connectivity index (χ4v) is 3.07. The van der Waals surface area contributed by atoms with Crippen molar-refractivity contribution in [2.75, 3.05) is 13.1 Å². The molecule has 134 valence electrons. The van der Waals surface area contributed by atoms with Crippen LogP contribution in [0.15, 0.2) is 36.9 Å². The van der Waals surface area contributed by atoms with E-state index in [-0.39, 0.29) is 18.2 Å². The van der Waals surface area contributed by atoms with Gasteiger partial charge in [0.2, 0.25) is 0 Å². The van der Waals surface area contributed by atoms with Gasteiger partial charge >= 0.3 is 6.03 Å². The smallest absolute Gasteiger partial charge is 0.317 e. The Hall–Kier alpha value is -2.41. The van der Waals surface area contributed by atoms with E-state index in [1.165, 1.54) is 6.33 Å². The Morgan fingerprint density at radius 3 is 2.96 bits per heavy atom. The fourth-order valence-electron chi connectivity index (χ4n) is 3.07. The van der Waals surface area contributed by atoms with Gasteiger partial charge in [0.05, 0.1) is 18.8 Å². The van der Waals surface area contributed by atoms with Gasteiger partial charge in [0.1, 0.15) is 12.7 Å². The largest absolute Gasteiger partial charge is 0.372 e. The highest BCUT2D eigenvalue weighted by molar-refractivity contribution is 5.74. The van der Waals surface area contributed by atoms with Crippen LogP contribution < -0.4 is 5.32 Å². The molecule has 2 heterocycles. The first kappa shape index (κ1) is 17.4. The molecule has 25 heavy (non-hydrogen) atoms. The Morgan fingerprint density at radius 2 is 2.20 bits per heavy atom. The third kappa shape index (κ3) is 4.79. The number of nitrogens with zero attached hydrogens (tertiary/aromatic N) is 4. The normalized spacial score (nSPS) is 20.5. The number of urea groups is 1. The van der Waals surface area contributed by atoms with Crippen LogP contribution in [-0.4, -0.2) is 51.0 Å². The summed E-state index contributed by atoms with van der Waals surface area (Å²) in [6.45, 7) is 6.55. The summed E-state index contributed by atoms with van der Waals surface area (Å²) in [6, 6.07) is 8.11. The van der Waals surface area contributed by atoms with Gasteiger partial charge < -0.3 is 15.0 Å². The Balaban J connectivity index is 1.55. The van der Waals surface area contributed by atoms with Crippen molar-refractivity contribution in [3.05, 3.63) is 48.0 Å². The molecule has 1 aromatic carbocycles. The molecule has 2 atom stereocenters. The molecule has 1 aromatic heterocycles. The molecule has 0 aliphatic carbocycles. The molecule has 0 spiro atoms. The number of amides is 2. The minimum Gasteiger partial charge on any atom is -0.372 e. The minimum atomic E-state index is -0.0321. The second-order valence-corrected chi connectivity index (χ2v) is 6.45. The van der Waals surface area contributed by atoms with E-state index in [1.54, 1.807) is 11.0 Å². The third-order valence-electron chi connectivity index (χ3n) is 4.32. The third-order valence-corrected chi connectivity index (χ3v) is 4.32. The maximum absolute atomic E-state index is 12.5. The van der Waals surface area contributed by atoms with Gasteiger partial charge in [0.15, 0.2) is 0 Å². The summed E-state index contributed by atoms with van der Waals surface area (Å²) in [6.07, 6.45) is 4.34. The van der Waals surface area contributed by atoms with Crippen molar-refractivity contribution in [1.29, 1.82) is 0 Å². The van der Waals surface area contributed by atoms with Gasteiger partial charge in [-0.2, -0.15) is 5.10 Å². The highest BCUT2D eigenvalue weighted by Gasteiger charge is 2.27. The molecule has 1 aliphatic heterocycles. The van der Waals surface area contributed by atoms with E-state index in [0.717, 1.165) is 17.5 Å². The van der Waals surface area contributed by atoms with Gasteiger partial charge in [-0.3, -0.25) is 0 Å². The van der Waals surface area contributed by atoms with Gasteiger partial charge in [-0.25, -0.2) is 14.5 Å². The minimum absolute atomic E-state index is 0.0321. The number of aromatic nitrogens is 3. The zero-order chi connectivity index (χ0) is 17.6. The molecule has 0 saturated carbocycles. The Kier molecular flexibility index (Phi) is 5.65. The Morgan fingerprint density at radius 1 is 1.36 bits per heavy atom. The van der Waals surface area contributed by atoms with E-state index in [2.05, 4.69) is 28.4 Å². The molecule has 1 saturated heterocycles. The lowest BCUT2D eigenvalue weighted by molar-refractivity contribution is -0.0646. The SMILES string of the molecule is CC[C@H]1CN(C(=O)NCc2cccc(Cn3cncn3)c2)C[C@@H](C)O1. The van der Waals surface area contributed by atoms with Gasteiger partial charge in [-0.1, -0.05) is 31.2 Å². The van der Waals surface area contributed by atoms with Gasteiger partial charge in [-0.15, -0.1) is 0 Å². The second kappa shape index (κ2) is 8.11. The molecule has 7 heteroatoms. The summed E-state index contributed by atoms with van der Waals surface area (Å²) < 4.78 is 7.58. The number of carbonyl (C=O) groups excluding carboxylic acids is 1. The number of ether oxygens (including phenoxy) is 1. The van der Waals surface area contributed by atoms with Crippen LogP contribution in [0.2, 0.25) is 0 Å². The first-order valence-corrected chi connectivity index (χ1v) is 8.72. The van der Waals surface area contributed by atoms with E-state index in [0.29, 0.717) is 26.2 Å². The molecule has 2 aromatic rings. The summed E-state index contributed by atoms with van der Waals surface area (Å²) >= 11 is 0. The lowest BCUT2D eigenvalue weighted by atomic mass is 10.1. The molecule has 2 amide bonds. The number of hydrogen-bond donors (Lipinski definition) is 1. The number of carbonyl (C=O) groups is 1. The second-order valence-electron chi connectivity index (χ2n) is 6.45. The van der Waals surface area contributed by atoms with Crippen molar-refractivity contribution >= 4 is 6.03 Å². The monoisotopic (exact) mass is 343 g/mol. The number of rotatable bonds is 5. The predicted molar refractivity (Wildman–Crippen MR) is 94.0 cm³/mol. The van der Waals surface area contributed by atoms with Crippen molar-refractivity contribution < 1.29 is 9.53 Å². The molecule has 0 unspecified atom stereocenters. The molecule has 0 radical (unpaired) electrons. The van der Waals surface area contributed by atoms with Gasteiger partial charge in [-0.05, 0) is 24.5 Å². The van der Waals surface area contributed by atoms with Crippen LogP contribution in [0.25, 0.3) is 0 Å². The number of nitrogens with one attached hydrogen (secondary N) is 1. The highest BCUT2D eigenvalue weighted by atomic mass is 16.5. The maximum Gasteiger partial charge on any atom is 0.317 e. The van der Waals surface area contributed by atoms with Gasteiger partial charge in [0.25, 0.3) is 0 Å². The Bertz CT molecular complexity index is 689. The number of morpholine rings is 1. The zero-order valence-electron chi connectivity index (χ0n) is 14.8. The fraction of sp³-hybridized carbons (Fsp3) is 0.500. The maximum atomic E-state index is 12.5. The molecule has 1 aliphatic rings. The van der Waals surface area contributed by atoms with Crippen LogP contribution in [-0.2, 0) is 17.8 Å². The summed E-state index contributed by atoms with van der Waals surface area (Å²) in [7, 11) is 0. The lowest BCUT2D eigenvalue weighted by Gasteiger charge is -2.36. The van der Waals surface area contributed by atoms with Crippen LogP contribution >= 0.6 is 0 Å².